The average molecular weight is 330 g/mol. The second-order valence-electron chi connectivity index (χ2n) is 5.20. The zero-order valence-electron chi connectivity index (χ0n) is 12.8. The maximum absolute atomic E-state index is 12.1. The van der Waals surface area contributed by atoms with Gasteiger partial charge in [-0.3, -0.25) is 0 Å². The summed E-state index contributed by atoms with van der Waals surface area (Å²) in [7, 11) is -2.56. The third-order valence-corrected chi connectivity index (χ3v) is 4.95. The third-order valence-electron chi connectivity index (χ3n) is 3.65. The van der Waals surface area contributed by atoms with E-state index in [9.17, 15) is 8.42 Å². The number of hydrogen-bond acceptors (Lipinski definition) is 2. The number of hydrogen-bond donors (Lipinski definition) is 0. The second-order valence-corrected chi connectivity index (χ2v) is 6.83. The SMILES string of the molecule is CN(C(Cc1ccccc1)Cc1ccccc1)S(=O)(=O)N=[N+]=[N-]. The molecule has 0 saturated heterocycles. The van der Waals surface area contributed by atoms with Crippen LogP contribution in [0.3, 0.4) is 0 Å². The quantitative estimate of drug-likeness (QED) is 0.443. The Bertz CT molecular complexity index is 731. The van der Waals surface area contributed by atoms with E-state index in [0.717, 1.165) is 15.4 Å². The summed E-state index contributed by atoms with van der Waals surface area (Å²) in [5.41, 5.74) is 10.5. The number of azide groups is 1. The fourth-order valence-corrected chi connectivity index (χ4v) is 3.13. The predicted molar refractivity (Wildman–Crippen MR) is 89.9 cm³/mol. The molecule has 0 amide bonds. The van der Waals surface area contributed by atoms with Gasteiger partial charge < -0.3 is 0 Å². The van der Waals surface area contributed by atoms with Crippen LogP contribution in [-0.4, -0.2) is 25.8 Å². The Morgan fingerprint density at radius 1 is 1.00 bits per heavy atom. The molecule has 0 heterocycles. The van der Waals surface area contributed by atoms with Crippen LogP contribution < -0.4 is 0 Å². The maximum atomic E-state index is 12.1. The van der Waals surface area contributed by atoms with Gasteiger partial charge in [0.25, 0.3) is 0 Å². The molecular weight excluding hydrogens is 312 g/mol. The van der Waals surface area contributed by atoms with E-state index >= 15 is 0 Å². The van der Waals surface area contributed by atoms with Crippen LogP contribution in [0, 0.1) is 0 Å². The summed E-state index contributed by atoms with van der Waals surface area (Å²) < 4.78 is 28.2. The van der Waals surface area contributed by atoms with Crippen molar-refractivity contribution in [2.45, 2.75) is 18.9 Å². The minimum absolute atomic E-state index is 0.338. The summed E-state index contributed by atoms with van der Waals surface area (Å²) in [6, 6.07) is 18.9. The summed E-state index contributed by atoms with van der Waals surface area (Å²) in [6.45, 7) is 0. The molecule has 0 fully saturated rings. The van der Waals surface area contributed by atoms with Gasteiger partial charge in [0, 0.05) is 22.5 Å². The van der Waals surface area contributed by atoms with E-state index in [0.29, 0.717) is 12.8 Å². The molecule has 23 heavy (non-hydrogen) atoms. The molecule has 0 aliphatic carbocycles. The van der Waals surface area contributed by atoms with E-state index in [-0.39, 0.29) is 6.04 Å². The van der Waals surface area contributed by atoms with Crippen LogP contribution in [0.15, 0.2) is 65.2 Å². The molecule has 0 radical (unpaired) electrons. The van der Waals surface area contributed by atoms with Gasteiger partial charge in [-0.1, -0.05) is 60.7 Å². The van der Waals surface area contributed by atoms with Gasteiger partial charge >= 0.3 is 10.2 Å². The van der Waals surface area contributed by atoms with Crippen LogP contribution >= 0.6 is 0 Å². The first-order valence-corrected chi connectivity index (χ1v) is 8.55. The fourth-order valence-electron chi connectivity index (χ4n) is 2.39. The lowest BCUT2D eigenvalue weighted by molar-refractivity contribution is 0.362. The molecule has 7 heteroatoms. The molecule has 2 rings (SSSR count). The Balaban J connectivity index is 2.29. The van der Waals surface area contributed by atoms with Gasteiger partial charge in [-0.2, -0.15) is 4.31 Å². The summed E-state index contributed by atoms with van der Waals surface area (Å²) >= 11 is 0. The number of rotatable bonds is 7. The van der Waals surface area contributed by atoms with E-state index < -0.39 is 10.2 Å². The highest BCUT2D eigenvalue weighted by Gasteiger charge is 2.25. The van der Waals surface area contributed by atoms with Crippen molar-refractivity contribution in [2.75, 3.05) is 7.05 Å². The molecule has 120 valence electrons. The first kappa shape index (κ1) is 17.0. The molecule has 0 atom stereocenters. The summed E-state index contributed by atoms with van der Waals surface area (Å²) in [4.78, 5) is 2.42. The van der Waals surface area contributed by atoms with Crippen molar-refractivity contribution in [3.05, 3.63) is 82.2 Å². The summed E-state index contributed by atoms with van der Waals surface area (Å²) in [5.74, 6) is 0. The van der Waals surface area contributed by atoms with Gasteiger partial charge in [0.1, 0.15) is 0 Å². The molecule has 2 aromatic rings. The standard InChI is InChI=1S/C16H18N4O2S/c1-20(23(21,22)19-18-17)16(12-14-8-4-2-5-9-14)13-15-10-6-3-7-11-15/h2-11,16H,12-13H2,1H3. The van der Waals surface area contributed by atoms with E-state index in [4.69, 9.17) is 5.53 Å². The third kappa shape index (κ3) is 4.82. The molecular formula is C16H18N4O2S. The number of nitrogens with zero attached hydrogens (tertiary/aromatic N) is 4. The molecule has 0 spiro atoms. The zero-order valence-corrected chi connectivity index (χ0v) is 13.6. The Labute approximate surface area is 136 Å². The molecule has 0 saturated carbocycles. The van der Waals surface area contributed by atoms with E-state index in [1.54, 1.807) is 0 Å². The second kappa shape index (κ2) is 7.78. The fraction of sp³-hybridized carbons (Fsp3) is 0.250. The highest BCUT2D eigenvalue weighted by molar-refractivity contribution is 7.87. The largest absolute Gasteiger partial charge is 0.302 e. The number of likely N-dealkylation sites (N-methyl/N-ethyl adjacent to an activating group) is 1. The van der Waals surface area contributed by atoms with Crippen molar-refractivity contribution in [3.63, 3.8) is 0 Å². The lowest BCUT2D eigenvalue weighted by atomic mass is 9.99. The highest BCUT2D eigenvalue weighted by atomic mass is 32.2. The Morgan fingerprint density at radius 3 is 1.83 bits per heavy atom. The van der Waals surface area contributed by atoms with Gasteiger partial charge in [-0.25, -0.2) is 8.42 Å². The molecule has 6 nitrogen and oxygen atoms in total. The van der Waals surface area contributed by atoms with Crippen molar-refractivity contribution < 1.29 is 8.42 Å². The van der Waals surface area contributed by atoms with Gasteiger partial charge in [-0.15, -0.1) is 0 Å². The molecule has 0 unspecified atom stereocenters. The van der Waals surface area contributed by atoms with E-state index in [2.05, 4.69) is 9.43 Å². The van der Waals surface area contributed by atoms with Crippen molar-refractivity contribution in [3.8, 4) is 0 Å². The predicted octanol–water partition coefficient (Wildman–Crippen LogP) is 3.33. The lowest BCUT2D eigenvalue weighted by Crippen LogP contribution is -2.38. The van der Waals surface area contributed by atoms with Gasteiger partial charge in [-0.05, 0) is 29.5 Å². The van der Waals surface area contributed by atoms with Crippen molar-refractivity contribution in [1.82, 2.24) is 4.31 Å². The molecule has 0 N–H and O–H groups in total. The highest BCUT2D eigenvalue weighted by Crippen LogP contribution is 2.17. The van der Waals surface area contributed by atoms with Gasteiger partial charge in [0.2, 0.25) is 0 Å². The van der Waals surface area contributed by atoms with Gasteiger partial charge in [0.15, 0.2) is 0 Å². The number of benzene rings is 2. The molecule has 2 aromatic carbocycles. The van der Waals surface area contributed by atoms with Crippen molar-refractivity contribution in [1.29, 1.82) is 0 Å². The summed E-state index contributed by atoms with van der Waals surface area (Å²) in [5, 5.41) is 0. The Morgan fingerprint density at radius 2 is 1.43 bits per heavy atom. The smallest absolute Gasteiger partial charge is 0.204 e. The lowest BCUT2D eigenvalue weighted by Gasteiger charge is -2.26. The zero-order chi connectivity index (χ0) is 16.7. The molecule has 0 aromatic heterocycles. The first-order chi connectivity index (χ1) is 11.0. The topological polar surface area (TPSA) is 86.1 Å². The molecule has 0 bridgehead atoms. The minimum atomic E-state index is -4.01. The van der Waals surface area contributed by atoms with Crippen LogP contribution in [0.4, 0.5) is 0 Å². The van der Waals surface area contributed by atoms with E-state index in [1.807, 2.05) is 60.7 Å². The summed E-state index contributed by atoms with van der Waals surface area (Å²) in [6.07, 6.45) is 1.07. The van der Waals surface area contributed by atoms with E-state index in [1.165, 1.54) is 7.05 Å². The Kier molecular flexibility index (Phi) is 5.76. The van der Waals surface area contributed by atoms with Crippen LogP contribution in [0.5, 0.6) is 0 Å². The van der Waals surface area contributed by atoms with Crippen LogP contribution in [0.1, 0.15) is 11.1 Å². The van der Waals surface area contributed by atoms with Crippen molar-refractivity contribution >= 4 is 10.2 Å². The molecule has 0 aliphatic rings. The first-order valence-electron chi connectivity index (χ1n) is 7.15. The monoisotopic (exact) mass is 330 g/mol. The normalized spacial score (nSPS) is 11.4. The maximum Gasteiger partial charge on any atom is 0.302 e. The molecule has 0 aliphatic heterocycles. The van der Waals surface area contributed by atoms with Crippen molar-refractivity contribution in [2.24, 2.45) is 4.52 Å². The van der Waals surface area contributed by atoms with Gasteiger partial charge in [0.05, 0.1) is 0 Å². The van der Waals surface area contributed by atoms with Crippen LogP contribution in [0.2, 0.25) is 0 Å². The van der Waals surface area contributed by atoms with Crippen LogP contribution in [-0.2, 0) is 23.1 Å². The van der Waals surface area contributed by atoms with Crippen LogP contribution in [0.25, 0.3) is 10.4 Å². The minimum Gasteiger partial charge on any atom is -0.204 e. The average Bonchev–Trinajstić information content (AvgIpc) is 2.55. The Hall–Kier alpha value is -2.34.